The molecule has 0 bridgehead atoms. The Labute approximate surface area is 99.9 Å². The number of carboxylic acids is 1. The van der Waals surface area contributed by atoms with Gasteiger partial charge in [-0.1, -0.05) is 30.3 Å². The van der Waals surface area contributed by atoms with Gasteiger partial charge < -0.3 is 19.3 Å². The molecule has 0 radical (unpaired) electrons. The maximum absolute atomic E-state index is 11.3. The highest BCUT2D eigenvalue weighted by Crippen LogP contribution is 2.32. The molecule has 1 N–H and O–H groups in total. The summed E-state index contributed by atoms with van der Waals surface area (Å²) in [6.07, 6.45) is -0.851. The molecule has 1 rings (SSSR count). The van der Waals surface area contributed by atoms with Crippen molar-refractivity contribution < 1.29 is 24.1 Å². The third kappa shape index (κ3) is 2.46. The van der Waals surface area contributed by atoms with Crippen molar-refractivity contribution >= 4 is 5.97 Å². The van der Waals surface area contributed by atoms with Crippen LogP contribution in [0.4, 0.5) is 0 Å². The monoisotopic (exact) mass is 240 g/mol. The summed E-state index contributed by atoms with van der Waals surface area (Å²) < 4.78 is 15.2. The first-order valence-electron chi connectivity index (χ1n) is 5.03. The zero-order chi connectivity index (χ0) is 12.9. The van der Waals surface area contributed by atoms with E-state index in [1.165, 1.54) is 21.3 Å². The van der Waals surface area contributed by atoms with E-state index < -0.39 is 17.9 Å². The highest BCUT2D eigenvalue weighted by Gasteiger charge is 2.48. The second-order valence-corrected chi connectivity index (χ2v) is 3.41. The van der Waals surface area contributed by atoms with E-state index in [0.717, 1.165) is 0 Å². The van der Waals surface area contributed by atoms with Crippen molar-refractivity contribution in [2.45, 2.75) is 11.9 Å². The van der Waals surface area contributed by atoms with Crippen molar-refractivity contribution in [3.8, 4) is 0 Å². The number of ether oxygens (including phenoxy) is 3. The fourth-order valence-corrected chi connectivity index (χ4v) is 1.72. The zero-order valence-corrected chi connectivity index (χ0v) is 10.0. The molecule has 0 fully saturated rings. The molecule has 0 aromatic heterocycles. The van der Waals surface area contributed by atoms with Crippen LogP contribution >= 0.6 is 0 Å². The molecule has 1 aromatic carbocycles. The normalized spacial score (nSPS) is 13.4. The van der Waals surface area contributed by atoms with Gasteiger partial charge in [0.05, 0.1) is 0 Å². The lowest BCUT2D eigenvalue weighted by atomic mass is 10.0. The average molecular weight is 240 g/mol. The molecule has 5 nitrogen and oxygen atoms in total. The fraction of sp³-hybridized carbons (Fsp3) is 0.417. The van der Waals surface area contributed by atoms with Gasteiger partial charge in [0.15, 0.2) is 0 Å². The lowest BCUT2D eigenvalue weighted by Crippen LogP contribution is -2.48. The molecule has 1 unspecified atom stereocenters. The zero-order valence-electron chi connectivity index (χ0n) is 10.0. The van der Waals surface area contributed by atoms with Crippen molar-refractivity contribution in [2.75, 3.05) is 21.3 Å². The largest absolute Gasteiger partial charge is 0.477 e. The molecule has 5 heteroatoms. The molecule has 0 aliphatic rings. The molecular formula is C12H16O5. The van der Waals surface area contributed by atoms with E-state index in [1.807, 2.05) is 6.07 Å². The number of methoxy groups -OCH3 is 3. The van der Waals surface area contributed by atoms with Crippen LogP contribution < -0.4 is 0 Å². The van der Waals surface area contributed by atoms with E-state index in [1.54, 1.807) is 24.3 Å². The lowest BCUT2D eigenvalue weighted by Gasteiger charge is -2.33. The van der Waals surface area contributed by atoms with Gasteiger partial charge in [-0.3, -0.25) is 0 Å². The van der Waals surface area contributed by atoms with Crippen LogP contribution in [0.3, 0.4) is 0 Å². The van der Waals surface area contributed by atoms with Gasteiger partial charge in [-0.25, -0.2) is 4.79 Å². The summed E-state index contributed by atoms with van der Waals surface area (Å²) in [5.74, 6) is -3.09. The van der Waals surface area contributed by atoms with Crippen LogP contribution in [0.2, 0.25) is 0 Å². The molecule has 17 heavy (non-hydrogen) atoms. The maximum Gasteiger partial charge on any atom is 0.367 e. The van der Waals surface area contributed by atoms with Crippen molar-refractivity contribution in [3.63, 3.8) is 0 Å². The number of rotatable bonds is 6. The van der Waals surface area contributed by atoms with E-state index in [4.69, 9.17) is 14.2 Å². The Morgan fingerprint density at radius 2 is 1.71 bits per heavy atom. The molecule has 0 amide bonds. The van der Waals surface area contributed by atoms with Crippen molar-refractivity contribution in [3.05, 3.63) is 35.9 Å². The molecular weight excluding hydrogens is 224 g/mol. The predicted molar refractivity (Wildman–Crippen MR) is 60.6 cm³/mol. The minimum absolute atomic E-state index is 0.668. The Kier molecular flexibility index (Phi) is 4.62. The second-order valence-electron chi connectivity index (χ2n) is 3.41. The molecule has 0 spiro atoms. The Bertz CT molecular complexity index is 358. The molecule has 1 aromatic rings. The van der Waals surface area contributed by atoms with Gasteiger partial charge in [-0.2, -0.15) is 0 Å². The SMILES string of the molecule is COC(c1ccccc1)C(OC)(OC)C(=O)O. The van der Waals surface area contributed by atoms with Crippen LogP contribution in [0.25, 0.3) is 0 Å². The summed E-state index contributed by atoms with van der Waals surface area (Å²) in [6.45, 7) is 0. The van der Waals surface area contributed by atoms with E-state index in [2.05, 4.69) is 0 Å². The van der Waals surface area contributed by atoms with E-state index in [0.29, 0.717) is 5.56 Å². The molecule has 1 atom stereocenters. The van der Waals surface area contributed by atoms with Crippen molar-refractivity contribution in [2.24, 2.45) is 0 Å². The summed E-state index contributed by atoms with van der Waals surface area (Å²) in [5.41, 5.74) is 0.668. The summed E-state index contributed by atoms with van der Waals surface area (Å²) in [7, 11) is 3.95. The van der Waals surface area contributed by atoms with E-state index in [-0.39, 0.29) is 0 Å². The number of hydrogen-bond acceptors (Lipinski definition) is 4. The van der Waals surface area contributed by atoms with Gasteiger partial charge >= 0.3 is 5.97 Å². The van der Waals surface area contributed by atoms with Crippen LogP contribution in [-0.2, 0) is 19.0 Å². The number of carboxylic acid groups (broad SMARTS) is 1. The van der Waals surface area contributed by atoms with Gasteiger partial charge in [0.25, 0.3) is 5.79 Å². The van der Waals surface area contributed by atoms with E-state index >= 15 is 0 Å². The molecule has 0 aliphatic carbocycles. The van der Waals surface area contributed by atoms with E-state index in [9.17, 15) is 9.90 Å². The lowest BCUT2D eigenvalue weighted by molar-refractivity contribution is -0.266. The summed E-state index contributed by atoms with van der Waals surface area (Å²) >= 11 is 0. The third-order valence-electron chi connectivity index (χ3n) is 2.59. The topological polar surface area (TPSA) is 65.0 Å². The van der Waals surface area contributed by atoms with Crippen LogP contribution in [0.1, 0.15) is 11.7 Å². The van der Waals surface area contributed by atoms with Crippen LogP contribution in [0, 0.1) is 0 Å². The molecule has 0 saturated carbocycles. The minimum atomic E-state index is -1.85. The first-order chi connectivity index (χ1) is 8.12. The highest BCUT2D eigenvalue weighted by atomic mass is 16.7. The standard InChI is InChI=1S/C12H16O5/c1-15-10(9-7-5-4-6-8-9)12(16-2,17-3)11(13)14/h4-8,10H,1-3H3,(H,13,14). The minimum Gasteiger partial charge on any atom is -0.477 e. The Morgan fingerprint density at radius 1 is 1.18 bits per heavy atom. The summed E-state index contributed by atoms with van der Waals surface area (Å²) in [4.78, 5) is 11.3. The van der Waals surface area contributed by atoms with Gasteiger partial charge in [0, 0.05) is 21.3 Å². The number of hydrogen-bond donors (Lipinski definition) is 1. The molecule has 0 aliphatic heterocycles. The predicted octanol–water partition coefficient (Wildman–Crippen LogP) is 1.45. The van der Waals surface area contributed by atoms with Crippen LogP contribution in [0.5, 0.6) is 0 Å². The summed E-state index contributed by atoms with van der Waals surface area (Å²) in [5, 5.41) is 9.26. The first-order valence-corrected chi connectivity index (χ1v) is 5.03. The van der Waals surface area contributed by atoms with Crippen molar-refractivity contribution in [1.82, 2.24) is 0 Å². The Balaban J connectivity index is 3.19. The number of benzene rings is 1. The average Bonchev–Trinajstić information content (AvgIpc) is 2.36. The van der Waals surface area contributed by atoms with Gasteiger partial charge in [-0.15, -0.1) is 0 Å². The van der Waals surface area contributed by atoms with Gasteiger partial charge in [0.1, 0.15) is 6.10 Å². The maximum atomic E-state index is 11.3. The smallest absolute Gasteiger partial charge is 0.367 e. The fourth-order valence-electron chi connectivity index (χ4n) is 1.72. The summed E-state index contributed by atoms with van der Waals surface area (Å²) in [6, 6.07) is 8.92. The Hall–Kier alpha value is -1.43. The quantitative estimate of drug-likeness (QED) is 0.762. The Morgan fingerprint density at radius 3 is 2.06 bits per heavy atom. The molecule has 94 valence electrons. The molecule has 0 heterocycles. The van der Waals surface area contributed by atoms with Gasteiger partial charge in [0.2, 0.25) is 0 Å². The second kappa shape index (κ2) is 5.77. The van der Waals surface area contributed by atoms with Gasteiger partial charge in [-0.05, 0) is 5.56 Å². The number of carbonyl (C=O) groups is 1. The van der Waals surface area contributed by atoms with Crippen LogP contribution in [-0.4, -0.2) is 38.2 Å². The molecule has 0 saturated heterocycles. The number of aliphatic carboxylic acids is 1. The van der Waals surface area contributed by atoms with Crippen LogP contribution in [0.15, 0.2) is 30.3 Å². The first kappa shape index (κ1) is 13.6. The highest BCUT2D eigenvalue weighted by molar-refractivity contribution is 5.77. The van der Waals surface area contributed by atoms with Crippen molar-refractivity contribution in [1.29, 1.82) is 0 Å². The third-order valence-corrected chi connectivity index (χ3v) is 2.59.